The van der Waals surface area contributed by atoms with Crippen molar-refractivity contribution in [3.8, 4) is 0 Å². The van der Waals surface area contributed by atoms with Crippen LogP contribution < -0.4 is 5.32 Å². The predicted octanol–water partition coefficient (Wildman–Crippen LogP) is 3.06. The molecule has 0 unspecified atom stereocenters. The van der Waals surface area contributed by atoms with Crippen LogP contribution in [0.4, 0.5) is 4.39 Å². The molecule has 1 aliphatic heterocycles. The summed E-state index contributed by atoms with van der Waals surface area (Å²) in [6.45, 7) is 0.971. The zero-order valence-electron chi connectivity index (χ0n) is 9.49. The van der Waals surface area contributed by atoms with Gasteiger partial charge in [0.2, 0.25) is 0 Å². The Hall–Kier alpha value is -1.67. The van der Waals surface area contributed by atoms with E-state index in [9.17, 15) is 4.39 Å². The van der Waals surface area contributed by atoms with Gasteiger partial charge in [-0.2, -0.15) is 0 Å². The van der Waals surface area contributed by atoms with E-state index in [0.717, 1.165) is 18.5 Å². The molecule has 0 aromatic heterocycles. The SMILES string of the molecule is Fc1ccc([C@@H]2NCCc3ccccc32)cc1. The van der Waals surface area contributed by atoms with E-state index in [4.69, 9.17) is 0 Å². The maximum atomic E-state index is 12.9. The van der Waals surface area contributed by atoms with Crippen LogP contribution in [0.2, 0.25) is 0 Å². The molecule has 0 fully saturated rings. The summed E-state index contributed by atoms with van der Waals surface area (Å²) in [5.74, 6) is -0.183. The number of hydrogen-bond acceptors (Lipinski definition) is 1. The number of nitrogens with one attached hydrogen (secondary N) is 1. The van der Waals surface area contributed by atoms with E-state index in [1.54, 1.807) is 0 Å². The van der Waals surface area contributed by atoms with E-state index in [-0.39, 0.29) is 11.9 Å². The number of halogens is 1. The fraction of sp³-hybridized carbons (Fsp3) is 0.200. The Morgan fingerprint density at radius 1 is 1.00 bits per heavy atom. The lowest BCUT2D eigenvalue weighted by molar-refractivity contribution is 0.565. The Bertz CT molecular complexity index is 519. The second kappa shape index (κ2) is 4.30. The van der Waals surface area contributed by atoms with Gasteiger partial charge in [-0.25, -0.2) is 4.39 Å². The summed E-state index contributed by atoms with van der Waals surface area (Å²) in [4.78, 5) is 0. The van der Waals surface area contributed by atoms with Crippen molar-refractivity contribution in [2.75, 3.05) is 6.54 Å². The van der Waals surface area contributed by atoms with Crippen LogP contribution in [0, 0.1) is 5.82 Å². The first kappa shape index (κ1) is 10.5. The topological polar surface area (TPSA) is 12.0 Å². The molecule has 2 aromatic rings. The van der Waals surface area contributed by atoms with Gasteiger partial charge in [-0.15, -0.1) is 0 Å². The molecule has 86 valence electrons. The fourth-order valence-corrected chi connectivity index (χ4v) is 2.46. The van der Waals surface area contributed by atoms with Crippen LogP contribution in [-0.4, -0.2) is 6.54 Å². The summed E-state index contributed by atoms with van der Waals surface area (Å²) in [5, 5.41) is 3.49. The van der Waals surface area contributed by atoms with Crippen molar-refractivity contribution in [1.29, 1.82) is 0 Å². The van der Waals surface area contributed by atoms with Crippen molar-refractivity contribution in [1.82, 2.24) is 5.32 Å². The molecule has 0 spiro atoms. The average Bonchev–Trinajstić information content (AvgIpc) is 2.39. The molecule has 2 heteroatoms. The molecule has 1 atom stereocenters. The average molecular weight is 227 g/mol. The molecule has 2 aromatic carbocycles. The van der Waals surface area contributed by atoms with Gasteiger partial charge in [0.1, 0.15) is 5.82 Å². The summed E-state index contributed by atoms with van der Waals surface area (Å²) >= 11 is 0. The zero-order chi connectivity index (χ0) is 11.7. The predicted molar refractivity (Wildman–Crippen MR) is 66.4 cm³/mol. The highest BCUT2D eigenvalue weighted by atomic mass is 19.1. The smallest absolute Gasteiger partial charge is 0.123 e. The first-order chi connectivity index (χ1) is 8.34. The highest BCUT2D eigenvalue weighted by Crippen LogP contribution is 2.28. The Morgan fingerprint density at radius 3 is 2.59 bits per heavy atom. The van der Waals surface area contributed by atoms with Crippen LogP contribution in [0.15, 0.2) is 48.5 Å². The van der Waals surface area contributed by atoms with Crippen molar-refractivity contribution in [2.45, 2.75) is 12.5 Å². The maximum absolute atomic E-state index is 12.9. The lowest BCUT2D eigenvalue weighted by Gasteiger charge is -2.27. The third kappa shape index (κ3) is 1.96. The van der Waals surface area contributed by atoms with Crippen LogP contribution >= 0.6 is 0 Å². The minimum atomic E-state index is -0.183. The summed E-state index contributed by atoms with van der Waals surface area (Å²) in [6, 6.07) is 15.4. The van der Waals surface area contributed by atoms with E-state index in [0.29, 0.717) is 0 Å². The summed E-state index contributed by atoms with van der Waals surface area (Å²) in [6.07, 6.45) is 1.06. The Kier molecular flexibility index (Phi) is 2.65. The molecule has 0 bridgehead atoms. The number of rotatable bonds is 1. The Labute approximate surface area is 100 Å². The van der Waals surface area contributed by atoms with Crippen molar-refractivity contribution >= 4 is 0 Å². The molecule has 0 saturated heterocycles. The molecule has 1 nitrogen and oxygen atoms in total. The lowest BCUT2D eigenvalue weighted by Crippen LogP contribution is -2.30. The van der Waals surface area contributed by atoms with Gasteiger partial charge in [-0.1, -0.05) is 36.4 Å². The van der Waals surface area contributed by atoms with Gasteiger partial charge in [0.25, 0.3) is 0 Å². The highest BCUT2D eigenvalue weighted by Gasteiger charge is 2.20. The van der Waals surface area contributed by atoms with Gasteiger partial charge in [0.15, 0.2) is 0 Å². The molecular formula is C15H14FN. The second-order valence-electron chi connectivity index (χ2n) is 4.39. The van der Waals surface area contributed by atoms with E-state index < -0.39 is 0 Å². The molecule has 1 heterocycles. The molecule has 0 saturated carbocycles. The number of hydrogen-bond donors (Lipinski definition) is 1. The first-order valence-electron chi connectivity index (χ1n) is 5.91. The third-order valence-electron chi connectivity index (χ3n) is 3.31. The second-order valence-corrected chi connectivity index (χ2v) is 4.39. The molecule has 0 amide bonds. The number of benzene rings is 2. The van der Waals surface area contributed by atoms with Gasteiger partial charge in [-0.3, -0.25) is 0 Å². The normalized spacial score (nSPS) is 18.8. The highest BCUT2D eigenvalue weighted by molar-refractivity contribution is 5.39. The third-order valence-corrected chi connectivity index (χ3v) is 3.31. The molecule has 1 aliphatic rings. The summed E-state index contributed by atoms with van der Waals surface area (Å²) in [7, 11) is 0. The van der Waals surface area contributed by atoms with Crippen LogP contribution in [-0.2, 0) is 6.42 Å². The van der Waals surface area contributed by atoms with Gasteiger partial charge in [0.05, 0.1) is 6.04 Å². The molecule has 1 N–H and O–H groups in total. The fourth-order valence-electron chi connectivity index (χ4n) is 2.46. The van der Waals surface area contributed by atoms with Crippen LogP contribution in [0.5, 0.6) is 0 Å². The lowest BCUT2D eigenvalue weighted by atomic mass is 9.90. The molecule has 0 radical (unpaired) electrons. The minimum Gasteiger partial charge on any atom is -0.306 e. The molecule has 3 rings (SSSR count). The maximum Gasteiger partial charge on any atom is 0.123 e. The largest absolute Gasteiger partial charge is 0.306 e. The van der Waals surface area contributed by atoms with Crippen LogP contribution in [0.25, 0.3) is 0 Å². The van der Waals surface area contributed by atoms with Crippen molar-refractivity contribution in [2.24, 2.45) is 0 Å². The monoisotopic (exact) mass is 227 g/mol. The van der Waals surface area contributed by atoms with Crippen LogP contribution in [0.1, 0.15) is 22.7 Å². The zero-order valence-corrected chi connectivity index (χ0v) is 9.49. The van der Waals surface area contributed by atoms with Crippen molar-refractivity contribution < 1.29 is 4.39 Å². The standard InChI is InChI=1S/C15H14FN/c16-13-7-5-12(6-8-13)15-14-4-2-1-3-11(14)9-10-17-15/h1-8,15,17H,9-10H2/t15-/m0/s1. The van der Waals surface area contributed by atoms with Crippen molar-refractivity contribution in [3.05, 3.63) is 71.0 Å². The van der Waals surface area contributed by atoms with E-state index in [1.165, 1.54) is 23.3 Å². The van der Waals surface area contributed by atoms with E-state index >= 15 is 0 Å². The van der Waals surface area contributed by atoms with Crippen molar-refractivity contribution in [3.63, 3.8) is 0 Å². The summed E-state index contributed by atoms with van der Waals surface area (Å²) < 4.78 is 12.9. The summed E-state index contributed by atoms with van der Waals surface area (Å²) in [5.41, 5.74) is 3.82. The van der Waals surface area contributed by atoms with Gasteiger partial charge in [-0.05, 0) is 35.2 Å². The molecular weight excluding hydrogens is 213 g/mol. The quantitative estimate of drug-likeness (QED) is 0.789. The minimum absolute atomic E-state index is 0.183. The van der Waals surface area contributed by atoms with Crippen LogP contribution in [0.3, 0.4) is 0 Å². The Balaban J connectivity index is 2.03. The van der Waals surface area contributed by atoms with Gasteiger partial charge in [0, 0.05) is 6.54 Å². The Morgan fingerprint density at radius 2 is 1.76 bits per heavy atom. The number of fused-ring (bicyclic) bond motifs is 1. The molecule has 17 heavy (non-hydrogen) atoms. The van der Waals surface area contributed by atoms with Gasteiger partial charge >= 0.3 is 0 Å². The van der Waals surface area contributed by atoms with E-state index in [1.807, 2.05) is 12.1 Å². The molecule has 0 aliphatic carbocycles. The van der Waals surface area contributed by atoms with Gasteiger partial charge < -0.3 is 5.32 Å². The van der Waals surface area contributed by atoms with E-state index in [2.05, 4.69) is 29.6 Å². The first-order valence-corrected chi connectivity index (χ1v) is 5.91.